The Bertz CT molecular complexity index is 454. The van der Waals surface area contributed by atoms with Gasteiger partial charge in [-0.15, -0.1) is 0 Å². The molecule has 1 rings (SSSR count). The highest BCUT2D eigenvalue weighted by Gasteiger charge is 2.12. The molecule has 1 aromatic rings. The lowest BCUT2D eigenvalue weighted by atomic mass is 10.2. The smallest absolute Gasteiger partial charge is 0.242 e. The quantitative estimate of drug-likeness (QED) is 0.862. The lowest BCUT2D eigenvalue weighted by Gasteiger charge is -2.15. The van der Waals surface area contributed by atoms with Gasteiger partial charge in [-0.25, -0.2) is 0 Å². The van der Waals surface area contributed by atoms with Gasteiger partial charge in [0.1, 0.15) is 6.04 Å². The number of hydrogen-bond acceptors (Lipinski definition) is 3. The zero-order chi connectivity index (χ0) is 12.8. The SMILES string of the molecule is CCNC(=O)C(C)Nc1ccc(C#N)cc1Cl. The Morgan fingerprint density at radius 3 is 2.82 bits per heavy atom. The number of rotatable bonds is 4. The molecule has 0 radical (unpaired) electrons. The molecular weight excluding hydrogens is 238 g/mol. The molecule has 90 valence electrons. The molecule has 2 N–H and O–H groups in total. The van der Waals surface area contributed by atoms with E-state index in [1.807, 2.05) is 13.0 Å². The van der Waals surface area contributed by atoms with Crippen molar-refractivity contribution in [2.24, 2.45) is 0 Å². The molecule has 0 spiro atoms. The number of nitriles is 1. The first-order valence-electron chi connectivity index (χ1n) is 5.32. The van der Waals surface area contributed by atoms with Crippen molar-refractivity contribution >= 4 is 23.2 Å². The Kier molecular flexibility index (Phi) is 4.80. The monoisotopic (exact) mass is 251 g/mol. The minimum absolute atomic E-state index is 0.0899. The van der Waals surface area contributed by atoms with Crippen LogP contribution in [0.25, 0.3) is 0 Å². The molecule has 0 saturated carbocycles. The second-order valence-electron chi connectivity index (χ2n) is 3.57. The number of carbonyl (C=O) groups excluding carboxylic acids is 1. The van der Waals surface area contributed by atoms with E-state index in [-0.39, 0.29) is 11.9 Å². The summed E-state index contributed by atoms with van der Waals surface area (Å²) in [6, 6.07) is 6.53. The maximum absolute atomic E-state index is 11.5. The van der Waals surface area contributed by atoms with E-state index in [2.05, 4.69) is 10.6 Å². The number of hydrogen-bond donors (Lipinski definition) is 2. The van der Waals surface area contributed by atoms with Crippen molar-refractivity contribution < 1.29 is 4.79 Å². The average Bonchev–Trinajstić information content (AvgIpc) is 2.31. The summed E-state index contributed by atoms with van der Waals surface area (Å²) in [6.07, 6.45) is 0. The Morgan fingerprint density at radius 2 is 2.29 bits per heavy atom. The van der Waals surface area contributed by atoms with Gasteiger partial charge in [0.25, 0.3) is 0 Å². The minimum Gasteiger partial charge on any atom is -0.373 e. The summed E-state index contributed by atoms with van der Waals surface area (Å²) in [5.74, 6) is -0.0899. The third-order valence-electron chi connectivity index (χ3n) is 2.21. The minimum atomic E-state index is -0.375. The van der Waals surface area contributed by atoms with Crippen molar-refractivity contribution in [1.82, 2.24) is 5.32 Å². The highest BCUT2D eigenvalue weighted by molar-refractivity contribution is 6.33. The summed E-state index contributed by atoms with van der Waals surface area (Å²) >= 11 is 5.99. The fourth-order valence-corrected chi connectivity index (χ4v) is 1.56. The maximum atomic E-state index is 11.5. The Labute approximate surface area is 106 Å². The topological polar surface area (TPSA) is 64.9 Å². The van der Waals surface area contributed by atoms with E-state index >= 15 is 0 Å². The second kappa shape index (κ2) is 6.12. The predicted molar refractivity (Wildman–Crippen MR) is 67.9 cm³/mol. The van der Waals surface area contributed by atoms with Crippen LogP contribution in [-0.4, -0.2) is 18.5 Å². The van der Waals surface area contributed by atoms with E-state index < -0.39 is 0 Å². The van der Waals surface area contributed by atoms with Gasteiger partial charge in [0, 0.05) is 6.54 Å². The fourth-order valence-electron chi connectivity index (χ4n) is 1.33. The van der Waals surface area contributed by atoms with Gasteiger partial charge in [-0.1, -0.05) is 11.6 Å². The Balaban J connectivity index is 2.75. The molecule has 1 atom stereocenters. The van der Waals surface area contributed by atoms with Gasteiger partial charge in [0.05, 0.1) is 22.3 Å². The number of carbonyl (C=O) groups is 1. The molecule has 0 heterocycles. The van der Waals surface area contributed by atoms with Gasteiger partial charge >= 0.3 is 0 Å². The second-order valence-corrected chi connectivity index (χ2v) is 3.97. The number of amides is 1. The van der Waals surface area contributed by atoms with Crippen LogP contribution in [0.15, 0.2) is 18.2 Å². The summed E-state index contributed by atoms with van der Waals surface area (Å²) in [5.41, 5.74) is 1.13. The highest BCUT2D eigenvalue weighted by atomic mass is 35.5. The average molecular weight is 252 g/mol. The van der Waals surface area contributed by atoms with Crippen LogP contribution in [0.3, 0.4) is 0 Å². The van der Waals surface area contributed by atoms with Crippen LogP contribution in [0.1, 0.15) is 19.4 Å². The normalized spacial score (nSPS) is 11.4. The lowest BCUT2D eigenvalue weighted by Crippen LogP contribution is -2.37. The molecule has 4 nitrogen and oxygen atoms in total. The third kappa shape index (κ3) is 3.65. The molecule has 17 heavy (non-hydrogen) atoms. The van der Waals surface area contributed by atoms with Gasteiger partial charge in [-0.2, -0.15) is 5.26 Å². The zero-order valence-corrected chi connectivity index (χ0v) is 10.5. The van der Waals surface area contributed by atoms with Gasteiger partial charge in [-0.3, -0.25) is 4.79 Å². The first-order chi connectivity index (χ1) is 8.08. The van der Waals surface area contributed by atoms with Crippen LogP contribution in [0.2, 0.25) is 5.02 Å². The van der Waals surface area contributed by atoms with Crippen LogP contribution in [0.5, 0.6) is 0 Å². The van der Waals surface area contributed by atoms with Crippen LogP contribution < -0.4 is 10.6 Å². The molecule has 0 aliphatic heterocycles. The van der Waals surface area contributed by atoms with Gasteiger partial charge in [0.15, 0.2) is 0 Å². The molecule has 0 aliphatic rings. The summed E-state index contributed by atoms with van der Waals surface area (Å²) in [7, 11) is 0. The molecule has 1 aromatic carbocycles. The highest BCUT2D eigenvalue weighted by Crippen LogP contribution is 2.23. The molecule has 0 aliphatic carbocycles. The Hall–Kier alpha value is -1.73. The van der Waals surface area contributed by atoms with E-state index in [0.717, 1.165) is 0 Å². The van der Waals surface area contributed by atoms with Gasteiger partial charge in [0.2, 0.25) is 5.91 Å². The lowest BCUT2D eigenvalue weighted by molar-refractivity contribution is -0.121. The standard InChI is InChI=1S/C12H14ClN3O/c1-3-15-12(17)8(2)16-11-5-4-9(7-14)6-10(11)13/h4-6,8,16H,3H2,1-2H3,(H,15,17). The fraction of sp³-hybridized carbons (Fsp3) is 0.333. The van der Waals surface area contributed by atoms with E-state index in [0.29, 0.717) is 22.8 Å². The first-order valence-corrected chi connectivity index (χ1v) is 5.70. The number of benzene rings is 1. The molecule has 1 amide bonds. The number of anilines is 1. The van der Waals surface area contributed by atoms with Crippen LogP contribution in [0.4, 0.5) is 5.69 Å². The first kappa shape index (κ1) is 13.3. The number of likely N-dealkylation sites (N-methyl/N-ethyl adjacent to an activating group) is 1. The van der Waals surface area contributed by atoms with E-state index in [1.165, 1.54) is 0 Å². The van der Waals surface area contributed by atoms with Gasteiger partial charge in [-0.05, 0) is 32.0 Å². The van der Waals surface area contributed by atoms with Gasteiger partial charge < -0.3 is 10.6 Å². The molecule has 0 fully saturated rings. The number of nitrogens with zero attached hydrogens (tertiary/aromatic N) is 1. The van der Waals surface area contributed by atoms with Crippen molar-refractivity contribution in [1.29, 1.82) is 5.26 Å². The van der Waals surface area contributed by atoms with E-state index in [4.69, 9.17) is 16.9 Å². The van der Waals surface area contributed by atoms with Crippen molar-refractivity contribution in [3.63, 3.8) is 0 Å². The maximum Gasteiger partial charge on any atom is 0.242 e. The molecule has 5 heteroatoms. The predicted octanol–water partition coefficient (Wildman–Crippen LogP) is 2.15. The number of nitrogens with one attached hydrogen (secondary N) is 2. The van der Waals surface area contributed by atoms with Crippen molar-refractivity contribution in [2.75, 3.05) is 11.9 Å². The molecule has 0 bridgehead atoms. The molecule has 0 aromatic heterocycles. The van der Waals surface area contributed by atoms with Crippen molar-refractivity contribution in [2.45, 2.75) is 19.9 Å². The van der Waals surface area contributed by atoms with Crippen molar-refractivity contribution in [3.05, 3.63) is 28.8 Å². The van der Waals surface area contributed by atoms with Crippen LogP contribution in [0, 0.1) is 11.3 Å². The summed E-state index contributed by atoms with van der Waals surface area (Å²) in [4.78, 5) is 11.5. The summed E-state index contributed by atoms with van der Waals surface area (Å²) < 4.78 is 0. The molecular formula is C12H14ClN3O. The summed E-state index contributed by atoms with van der Waals surface area (Å²) in [6.45, 7) is 4.20. The van der Waals surface area contributed by atoms with E-state index in [9.17, 15) is 4.79 Å². The molecule has 0 saturated heterocycles. The van der Waals surface area contributed by atoms with E-state index in [1.54, 1.807) is 25.1 Å². The molecule has 1 unspecified atom stereocenters. The summed E-state index contributed by atoms with van der Waals surface area (Å²) in [5, 5.41) is 14.8. The number of halogens is 1. The largest absolute Gasteiger partial charge is 0.373 e. The van der Waals surface area contributed by atoms with Crippen LogP contribution >= 0.6 is 11.6 Å². The van der Waals surface area contributed by atoms with Crippen molar-refractivity contribution in [3.8, 4) is 6.07 Å². The Morgan fingerprint density at radius 1 is 1.59 bits per heavy atom. The van der Waals surface area contributed by atoms with Crippen LogP contribution in [-0.2, 0) is 4.79 Å². The zero-order valence-electron chi connectivity index (χ0n) is 9.75. The third-order valence-corrected chi connectivity index (χ3v) is 2.53.